The van der Waals surface area contributed by atoms with Crippen molar-refractivity contribution in [2.24, 2.45) is 5.73 Å². The van der Waals surface area contributed by atoms with Crippen molar-refractivity contribution < 1.29 is 4.79 Å². The molecule has 8 heteroatoms. The van der Waals surface area contributed by atoms with Gasteiger partial charge in [0.2, 0.25) is 5.91 Å². The number of nitrogens with zero attached hydrogens (tertiary/aromatic N) is 3. The van der Waals surface area contributed by atoms with E-state index >= 15 is 0 Å². The number of para-hydroxylation sites is 2. The molecule has 2 aromatic carbocycles. The Balaban J connectivity index is 1.42. The third-order valence-electron chi connectivity index (χ3n) is 7.91. The minimum atomic E-state index is -1.01. The van der Waals surface area contributed by atoms with Gasteiger partial charge in [0, 0.05) is 53.6 Å². The first-order valence-corrected chi connectivity index (χ1v) is 15.0. The second-order valence-corrected chi connectivity index (χ2v) is 11.7. The van der Waals surface area contributed by atoms with Gasteiger partial charge in [-0.3, -0.25) is 4.79 Å². The first-order valence-electron chi connectivity index (χ1n) is 15.0. The Morgan fingerprint density at radius 1 is 0.902 bits per heavy atom. The number of rotatable bonds is 14. The largest absolute Gasteiger partial charge is 0.361 e. The van der Waals surface area contributed by atoms with Crippen LogP contribution >= 0.6 is 0 Å². The molecule has 0 unspecified atom stereocenters. The van der Waals surface area contributed by atoms with Crippen LogP contribution in [-0.2, 0) is 30.6 Å². The molecule has 0 aliphatic heterocycles. The SMILES string of the molecule is CCCCCCn1c(CCCc2c[nH]c3ccccc23)nnc1[C@@H](Cc1c[nH]c2ccccc12)NC(=O)C(C)(C)N. The van der Waals surface area contributed by atoms with Gasteiger partial charge in [-0.25, -0.2) is 0 Å². The van der Waals surface area contributed by atoms with Gasteiger partial charge in [-0.1, -0.05) is 62.6 Å². The molecule has 0 spiro atoms. The molecule has 0 bridgehead atoms. The van der Waals surface area contributed by atoms with Gasteiger partial charge in [-0.2, -0.15) is 0 Å². The van der Waals surface area contributed by atoms with E-state index in [0.29, 0.717) is 6.42 Å². The number of nitrogens with two attached hydrogens (primary N) is 1. The standard InChI is InChI=1S/C33H43N7O/c1-4-5-6-11-19-40-30(18-12-13-23-21-35-27-16-9-7-14-25(23)27)38-39-31(40)29(37-32(41)33(2,3)34)20-24-22-36-28-17-10-8-15-26(24)28/h7-10,14-17,21-22,29,35-36H,4-6,11-13,18-20,34H2,1-3H3,(H,37,41)/t29-/m1/s1. The molecule has 8 nitrogen and oxygen atoms in total. The van der Waals surface area contributed by atoms with Crippen molar-refractivity contribution in [3.63, 3.8) is 0 Å². The zero-order chi connectivity index (χ0) is 28.8. The highest BCUT2D eigenvalue weighted by atomic mass is 16.2. The number of aryl methyl sites for hydroxylation is 2. The molecular formula is C33H43N7O. The summed E-state index contributed by atoms with van der Waals surface area (Å²) in [6.45, 7) is 6.52. The van der Waals surface area contributed by atoms with E-state index in [1.807, 2.05) is 18.3 Å². The molecule has 216 valence electrons. The molecule has 3 heterocycles. The Labute approximate surface area is 242 Å². The number of carbonyl (C=O) groups excluding carboxylic acids is 1. The maximum atomic E-state index is 13.2. The van der Waals surface area contributed by atoms with Crippen molar-refractivity contribution in [3.8, 4) is 0 Å². The summed E-state index contributed by atoms with van der Waals surface area (Å²) in [5, 5.41) is 15.1. The first-order chi connectivity index (χ1) is 19.8. The summed E-state index contributed by atoms with van der Waals surface area (Å²) in [6, 6.07) is 16.3. The zero-order valence-electron chi connectivity index (χ0n) is 24.5. The number of hydrogen-bond donors (Lipinski definition) is 4. The van der Waals surface area contributed by atoms with Gasteiger partial charge in [0.05, 0.1) is 11.6 Å². The Morgan fingerprint density at radius 3 is 2.24 bits per heavy atom. The molecule has 0 aliphatic rings. The Hall–Kier alpha value is -3.91. The van der Waals surface area contributed by atoms with Crippen molar-refractivity contribution in [2.45, 2.75) is 90.3 Å². The second kappa shape index (κ2) is 12.7. The smallest absolute Gasteiger partial charge is 0.240 e. The highest BCUT2D eigenvalue weighted by Gasteiger charge is 2.29. The van der Waals surface area contributed by atoms with E-state index in [4.69, 9.17) is 15.9 Å². The van der Waals surface area contributed by atoms with Crippen LogP contribution in [0.4, 0.5) is 0 Å². The quantitative estimate of drug-likeness (QED) is 0.124. The molecule has 0 aliphatic carbocycles. The summed E-state index contributed by atoms with van der Waals surface area (Å²) in [7, 11) is 0. The number of nitrogens with one attached hydrogen (secondary N) is 3. The second-order valence-electron chi connectivity index (χ2n) is 11.7. The topological polar surface area (TPSA) is 117 Å². The van der Waals surface area contributed by atoms with Crippen molar-refractivity contribution in [3.05, 3.63) is 83.7 Å². The van der Waals surface area contributed by atoms with Gasteiger partial charge in [0.1, 0.15) is 5.82 Å². The Bertz CT molecular complexity index is 1590. The summed E-state index contributed by atoms with van der Waals surface area (Å²) >= 11 is 0. The number of aromatic nitrogens is 5. The third kappa shape index (κ3) is 6.70. The lowest BCUT2D eigenvalue weighted by Gasteiger charge is -2.24. The van der Waals surface area contributed by atoms with E-state index in [1.165, 1.54) is 29.3 Å². The van der Waals surface area contributed by atoms with Gasteiger partial charge in [0.15, 0.2) is 5.82 Å². The molecule has 5 rings (SSSR count). The lowest BCUT2D eigenvalue weighted by molar-refractivity contribution is -0.126. The average Bonchev–Trinajstić information content (AvgIpc) is 3.68. The van der Waals surface area contributed by atoms with Crippen molar-refractivity contribution >= 4 is 27.7 Å². The average molecular weight is 554 g/mol. The van der Waals surface area contributed by atoms with E-state index < -0.39 is 5.54 Å². The minimum absolute atomic E-state index is 0.205. The highest BCUT2D eigenvalue weighted by molar-refractivity contribution is 5.86. The van der Waals surface area contributed by atoms with E-state index in [9.17, 15) is 4.79 Å². The fraction of sp³-hybridized carbons (Fsp3) is 0.424. The maximum Gasteiger partial charge on any atom is 0.240 e. The number of H-pyrrole nitrogens is 2. The Morgan fingerprint density at radius 2 is 1.56 bits per heavy atom. The van der Waals surface area contributed by atoms with Crippen LogP contribution in [0.15, 0.2) is 60.9 Å². The van der Waals surface area contributed by atoms with Crippen LogP contribution in [0.3, 0.4) is 0 Å². The summed E-state index contributed by atoms with van der Waals surface area (Å²) in [6.07, 6.45) is 12.0. The molecular weight excluding hydrogens is 510 g/mol. The van der Waals surface area contributed by atoms with Crippen LogP contribution in [0.5, 0.6) is 0 Å². The van der Waals surface area contributed by atoms with E-state index in [-0.39, 0.29) is 11.9 Å². The van der Waals surface area contributed by atoms with E-state index in [0.717, 1.165) is 66.8 Å². The van der Waals surface area contributed by atoms with E-state index in [2.05, 4.69) is 69.4 Å². The summed E-state index contributed by atoms with van der Waals surface area (Å²) in [4.78, 5) is 19.9. The Kier molecular flexibility index (Phi) is 8.88. The van der Waals surface area contributed by atoms with Crippen molar-refractivity contribution in [1.29, 1.82) is 0 Å². The number of fused-ring (bicyclic) bond motifs is 2. The molecule has 0 fully saturated rings. The fourth-order valence-corrected chi connectivity index (χ4v) is 5.58. The minimum Gasteiger partial charge on any atom is -0.361 e. The number of benzene rings is 2. The number of amides is 1. The van der Waals surface area contributed by atoms with Crippen molar-refractivity contribution in [2.75, 3.05) is 0 Å². The highest BCUT2D eigenvalue weighted by Crippen LogP contribution is 2.26. The van der Waals surface area contributed by atoms with Crippen LogP contribution in [0.25, 0.3) is 21.8 Å². The number of carbonyl (C=O) groups is 1. The lowest BCUT2D eigenvalue weighted by atomic mass is 10.0. The van der Waals surface area contributed by atoms with Crippen LogP contribution in [0, 0.1) is 0 Å². The van der Waals surface area contributed by atoms with Gasteiger partial charge >= 0.3 is 0 Å². The molecule has 5 N–H and O–H groups in total. The van der Waals surface area contributed by atoms with Crippen molar-refractivity contribution in [1.82, 2.24) is 30.0 Å². The fourth-order valence-electron chi connectivity index (χ4n) is 5.58. The van der Waals surface area contributed by atoms with Gasteiger partial charge in [-0.15, -0.1) is 10.2 Å². The van der Waals surface area contributed by atoms with Crippen LogP contribution < -0.4 is 11.1 Å². The first kappa shape index (κ1) is 28.6. The van der Waals surface area contributed by atoms with Crippen LogP contribution in [0.2, 0.25) is 0 Å². The summed E-state index contributed by atoms with van der Waals surface area (Å²) < 4.78 is 2.26. The van der Waals surface area contributed by atoms with Gasteiger partial charge < -0.3 is 25.6 Å². The normalized spacial score (nSPS) is 12.8. The molecule has 1 atom stereocenters. The molecule has 1 amide bonds. The molecule has 5 aromatic rings. The van der Waals surface area contributed by atoms with E-state index in [1.54, 1.807) is 13.8 Å². The van der Waals surface area contributed by atoms with Crippen LogP contribution in [0.1, 0.15) is 81.7 Å². The predicted molar refractivity (Wildman–Crippen MR) is 166 cm³/mol. The molecule has 0 saturated carbocycles. The van der Waals surface area contributed by atoms with Gasteiger partial charge in [0.25, 0.3) is 0 Å². The number of aromatic amines is 2. The maximum absolute atomic E-state index is 13.2. The number of hydrogen-bond acceptors (Lipinski definition) is 4. The zero-order valence-corrected chi connectivity index (χ0v) is 24.5. The molecule has 3 aromatic heterocycles. The van der Waals surface area contributed by atoms with Gasteiger partial charge in [-0.05, 0) is 56.4 Å². The molecule has 41 heavy (non-hydrogen) atoms. The number of unbranched alkanes of at least 4 members (excludes halogenated alkanes) is 3. The molecule has 0 saturated heterocycles. The predicted octanol–water partition coefficient (Wildman–Crippen LogP) is 6.13. The molecule has 0 radical (unpaired) electrons. The lowest BCUT2D eigenvalue weighted by Crippen LogP contribution is -2.50. The summed E-state index contributed by atoms with van der Waals surface area (Å²) in [5.74, 6) is 1.57. The van der Waals surface area contributed by atoms with Crippen LogP contribution in [-0.4, -0.2) is 36.2 Å². The monoisotopic (exact) mass is 553 g/mol. The third-order valence-corrected chi connectivity index (χ3v) is 7.91. The summed E-state index contributed by atoms with van der Waals surface area (Å²) in [5.41, 5.74) is 9.90.